The van der Waals surface area contributed by atoms with Gasteiger partial charge in [-0.2, -0.15) is 0 Å². The monoisotopic (exact) mass is 791 g/mol. The van der Waals surface area contributed by atoms with Crippen molar-refractivity contribution in [2.45, 2.75) is 192 Å². The number of carbonyl (C=O) groups excluding carboxylic acids is 4. The lowest BCUT2D eigenvalue weighted by atomic mass is 9.94. The molecule has 2 rings (SSSR count). The van der Waals surface area contributed by atoms with Gasteiger partial charge in [0.25, 0.3) is 0 Å². The Morgan fingerprint density at radius 3 is 1.86 bits per heavy atom. The van der Waals surface area contributed by atoms with Gasteiger partial charge in [0.15, 0.2) is 6.23 Å². The van der Waals surface area contributed by atoms with E-state index < -0.39 is 67.7 Å². The minimum atomic E-state index is -1.57. The molecule has 56 heavy (non-hydrogen) atoms. The van der Waals surface area contributed by atoms with E-state index in [2.05, 4.69) is 29.8 Å². The van der Waals surface area contributed by atoms with Gasteiger partial charge in [-0.05, 0) is 25.3 Å². The van der Waals surface area contributed by atoms with Gasteiger partial charge in [-0.15, -0.1) is 0 Å². The fourth-order valence-electron chi connectivity index (χ4n) is 6.98. The molecule has 1 fully saturated rings. The van der Waals surface area contributed by atoms with E-state index in [1.807, 2.05) is 18.2 Å². The van der Waals surface area contributed by atoms with Crippen molar-refractivity contribution in [3.63, 3.8) is 0 Å². The number of alkyl carbamates (subject to hydrolysis) is 1. The number of carbonyl (C=O) groups is 4. The Morgan fingerprint density at radius 1 is 0.768 bits per heavy atom. The number of unbranched alkanes of at least 4 members (excludes halogenated alkanes) is 17. The van der Waals surface area contributed by atoms with Crippen LogP contribution >= 0.6 is 0 Å². The topological polar surface area (TPSA) is 187 Å². The van der Waals surface area contributed by atoms with Gasteiger partial charge in [-0.25, -0.2) is 4.79 Å². The van der Waals surface area contributed by atoms with E-state index in [0.29, 0.717) is 19.4 Å². The predicted octanol–water partition coefficient (Wildman–Crippen LogP) is 6.01. The van der Waals surface area contributed by atoms with Crippen LogP contribution in [0.25, 0.3) is 0 Å². The zero-order valence-electron chi connectivity index (χ0n) is 34.6. The molecule has 13 heteroatoms. The standard InChI is InChI=1S/C43H74N4O9/c1-4-6-8-10-12-14-16-18-20-25-29-47(37(50)28-24-19-17-15-13-11-9-7-5-2)42-38(40(52)39(51)35(31-48)56-42)46-36(49)30-44-41(53)33(3)45-43(54)55-32-34-26-22-21-23-27-34/h21-23,26-27,33,35,38-40,42,48,51-52H,4-20,24-25,28-32H2,1-3H3,(H,44,53)(H,45,54)(H,46,49)/t33-,35+,38+,39+,40+,42+/m0/s1. The average molecular weight is 791 g/mol. The molecule has 320 valence electrons. The maximum atomic E-state index is 13.9. The highest BCUT2D eigenvalue weighted by Gasteiger charge is 2.48. The zero-order valence-corrected chi connectivity index (χ0v) is 34.6. The first-order valence-corrected chi connectivity index (χ1v) is 21.6. The largest absolute Gasteiger partial charge is 0.445 e. The number of hydrogen-bond donors (Lipinski definition) is 6. The van der Waals surface area contributed by atoms with Crippen LogP contribution in [0.1, 0.15) is 155 Å². The van der Waals surface area contributed by atoms with E-state index in [4.69, 9.17) is 9.47 Å². The molecule has 6 atom stereocenters. The molecule has 0 radical (unpaired) electrons. The zero-order chi connectivity index (χ0) is 41.0. The lowest BCUT2D eigenvalue weighted by Gasteiger charge is -2.47. The molecular formula is C43H74N4O9. The number of hydrogen-bond acceptors (Lipinski definition) is 9. The molecule has 0 aromatic heterocycles. The van der Waals surface area contributed by atoms with Gasteiger partial charge in [0.2, 0.25) is 17.7 Å². The summed E-state index contributed by atoms with van der Waals surface area (Å²) >= 11 is 0. The third-order valence-electron chi connectivity index (χ3n) is 10.5. The van der Waals surface area contributed by atoms with Gasteiger partial charge in [-0.3, -0.25) is 14.4 Å². The van der Waals surface area contributed by atoms with Gasteiger partial charge in [0, 0.05) is 13.0 Å². The lowest BCUT2D eigenvalue weighted by molar-refractivity contribution is -0.231. The van der Waals surface area contributed by atoms with Crippen LogP contribution in [0.15, 0.2) is 30.3 Å². The minimum Gasteiger partial charge on any atom is -0.445 e. The van der Waals surface area contributed by atoms with Gasteiger partial charge in [-0.1, -0.05) is 153 Å². The molecule has 1 aliphatic rings. The SMILES string of the molecule is CCCCCCCCCCCCN(C(=O)CCCCCCCCCCC)[C@@H]1O[C@H](CO)[C@@H](O)[C@H](O)[C@H]1NC(=O)CNC(=O)[C@H](C)NC(=O)OCc1ccccc1. The summed E-state index contributed by atoms with van der Waals surface area (Å²) in [5.41, 5.74) is 0.784. The second-order valence-corrected chi connectivity index (χ2v) is 15.3. The molecule has 0 bridgehead atoms. The molecule has 6 N–H and O–H groups in total. The Labute approximate surface area is 336 Å². The maximum Gasteiger partial charge on any atom is 0.408 e. The van der Waals surface area contributed by atoms with Gasteiger partial charge >= 0.3 is 6.09 Å². The highest BCUT2D eigenvalue weighted by molar-refractivity contribution is 5.89. The van der Waals surface area contributed by atoms with E-state index in [9.17, 15) is 34.5 Å². The molecule has 1 aromatic rings. The molecule has 1 aliphatic heterocycles. The quantitative estimate of drug-likeness (QED) is 0.0508. The first kappa shape index (κ1) is 48.9. The highest BCUT2D eigenvalue weighted by atomic mass is 16.6. The van der Waals surface area contributed by atoms with Crippen molar-refractivity contribution in [2.24, 2.45) is 0 Å². The molecule has 1 heterocycles. The number of nitrogens with zero attached hydrogens (tertiary/aromatic N) is 1. The number of ether oxygens (including phenoxy) is 2. The Bertz CT molecular complexity index is 1220. The molecule has 1 saturated heterocycles. The predicted molar refractivity (Wildman–Crippen MR) is 217 cm³/mol. The molecule has 0 unspecified atom stereocenters. The number of aliphatic hydroxyl groups excluding tert-OH is 3. The molecule has 13 nitrogen and oxygen atoms in total. The van der Waals surface area contributed by atoms with Crippen LogP contribution in [0.5, 0.6) is 0 Å². The van der Waals surface area contributed by atoms with Crippen LogP contribution in [0.3, 0.4) is 0 Å². The van der Waals surface area contributed by atoms with E-state index in [1.54, 1.807) is 17.0 Å². The summed E-state index contributed by atoms with van der Waals surface area (Å²) < 4.78 is 11.3. The van der Waals surface area contributed by atoms with E-state index in [1.165, 1.54) is 77.6 Å². The summed E-state index contributed by atoms with van der Waals surface area (Å²) in [5.74, 6) is -1.52. The van der Waals surface area contributed by atoms with Crippen molar-refractivity contribution in [3.8, 4) is 0 Å². The van der Waals surface area contributed by atoms with Crippen LogP contribution < -0.4 is 16.0 Å². The number of amides is 4. The van der Waals surface area contributed by atoms with Crippen LogP contribution in [0.2, 0.25) is 0 Å². The Hall–Kier alpha value is -3.26. The van der Waals surface area contributed by atoms with Gasteiger partial charge in [0.05, 0.1) is 13.2 Å². The van der Waals surface area contributed by atoms with Crippen molar-refractivity contribution in [1.29, 1.82) is 0 Å². The summed E-state index contributed by atoms with van der Waals surface area (Å²) in [7, 11) is 0. The summed E-state index contributed by atoms with van der Waals surface area (Å²) in [6.45, 7) is 5.11. The maximum absolute atomic E-state index is 13.9. The number of aliphatic hydroxyl groups is 3. The second-order valence-electron chi connectivity index (χ2n) is 15.3. The van der Waals surface area contributed by atoms with Crippen LogP contribution in [-0.2, 0) is 30.5 Å². The van der Waals surface area contributed by atoms with E-state index >= 15 is 0 Å². The number of nitrogens with one attached hydrogen (secondary N) is 3. The van der Waals surface area contributed by atoms with Gasteiger partial charge in [0.1, 0.15) is 37.0 Å². The Balaban J connectivity index is 2.02. The fraction of sp³-hybridized carbons (Fsp3) is 0.767. The van der Waals surface area contributed by atoms with Crippen LogP contribution in [-0.4, -0.2) is 100 Å². The van der Waals surface area contributed by atoms with E-state index in [-0.39, 0.29) is 18.9 Å². The second kappa shape index (κ2) is 29.9. The molecular weight excluding hydrogens is 716 g/mol. The van der Waals surface area contributed by atoms with Crippen LogP contribution in [0.4, 0.5) is 4.79 Å². The minimum absolute atomic E-state index is 0.0251. The smallest absolute Gasteiger partial charge is 0.408 e. The van der Waals surface area contributed by atoms with Crippen molar-refractivity contribution < 1.29 is 44.0 Å². The number of rotatable bonds is 30. The average Bonchev–Trinajstić information content (AvgIpc) is 3.20. The Morgan fingerprint density at radius 2 is 1.30 bits per heavy atom. The Kier molecular flexibility index (Phi) is 26.1. The molecule has 4 amide bonds. The third-order valence-corrected chi connectivity index (χ3v) is 10.5. The summed E-state index contributed by atoms with van der Waals surface area (Å²) in [4.78, 5) is 53.6. The normalized spacial score (nSPS) is 19.9. The summed E-state index contributed by atoms with van der Waals surface area (Å²) in [6.07, 6.45) is 15.1. The highest BCUT2D eigenvalue weighted by Crippen LogP contribution is 2.26. The molecule has 0 saturated carbocycles. The van der Waals surface area contributed by atoms with Crippen molar-refractivity contribution >= 4 is 23.8 Å². The van der Waals surface area contributed by atoms with Gasteiger partial charge < -0.3 is 45.6 Å². The first-order chi connectivity index (χ1) is 27.1. The van der Waals surface area contributed by atoms with Crippen molar-refractivity contribution in [3.05, 3.63) is 35.9 Å². The number of benzene rings is 1. The summed E-state index contributed by atoms with van der Waals surface area (Å²) in [5, 5.41) is 39.6. The van der Waals surface area contributed by atoms with Crippen molar-refractivity contribution in [1.82, 2.24) is 20.9 Å². The third kappa shape index (κ3) is 19.7. The molecule has 0 spiro atoms. The van der Waals surface area contributed by atoms with Crippen molar-refractivity contribution in [2.75, 3.05) is 19.7 Å². The van der Waals surface area contributed by atoms with E-state index in [0.717, 1.165) is 44.1 Å². The lowest BCUT2D eigenvalue weighted by Crippen LogP contribution is -2.69. The van der Waals surface area contributed by atoms with Crippen LogP contribution in [0, 0.1) is 0 Å². The fourth-order valence-corrected chi connectivity index (χ4v) is 6.98. The molecule has 1 aromatic carbocycles. The molecule has 0 aliphatic carbocycles. The first-order valence-electron chi connectivity index (χ1n) is 21.6. The summed E-state index contributed by atoms with van der Waals surface area (Å²) in [6, 6.07) is 6.81.